The van der Waals surface area contributed by atoms with E-state index >= 15 is 0 Å². The number of aromatic nitrogens is 1. The summed E-state index contributed by atoms with van der Waals surface area (Å²) < 4.78 is 0. The van der Waals surface area contributed by atoms with Crippen LogP contribution in [-0.2, 0) is 6.54 Å². The predicted molar refractivity (Wildman–Crippen MR) is 90.1 cm³/mol. The van der Waals surface area contributed by atoms with Crippen molar-refractivity contribution in [2.24, 2.45) is 0 Å². The zero-order valence-electron chi connectivity index (χ0n) is 13.8. The Kier molecular flexibility index (Phi) is 5.12. The molecule has 0 aliphatic carbocycles. The molecule has 1 aliphatic rings. The van der Waals surface area contributed by atoms with E-state index in [0.29, 0.717) is 6.04 Å². The molecule has 21 heavy (non-hydrogen) atoms. The van der Waals surface area contributed by atoms with E-state index in [0.717, 1.165) is 36.0 Å². The monoisotopic (exact) mass is 310 g/mol. The minimum atomic E-state index is 0.0963. The average molecular weight is 311 g/mol. The third-order valence-electron chi connectivity index (χ3n) is 3.89. The highest BCUT2D eigenvalue weighted by molar-refractivity contribution is 6.33. The maximum absolute atomic E-state index is 6.44. The minimum Gasteiger partial charge on any atom is -0.354 e. The molecular weight excluding hydrogens is 284 g/mol. The molecule has 0 spiro atoms. The Labute approximate surface area is 133 Å². The first-order valence-electron chi connectivity index (χ1n) is 7.57. The van der Waals surface area contributed by atoms with Crippen LogP contribution in [-0.4, -0.2) is 48.6 Å². The molecule has 0 bridgehead atoms. The highest BCUT2D eigenvalue weighted by Gasteiger charge is 2.26. The van der Waals surface area contributed by atoms with Gasteiger partial charge in [0.05, 0.1) is 5.02 Å². The van der Waals surface area contributed by atoms with Crippen LogP contribution in [0.5, 0.6) is 0 Å². The number of nitrogens with one attached hydrogen (secondary N) is 1. The van der Waals surface area contributed by atoms with Crippen LogP contribution in [0, 0.1) is 0 Å². The van der Waals surface area contributed by atoms with Gasteiger partial charge in [-0.05, 0) is 52.9 Å². The topological polar surface area (TPSA) is 31.4 Å². The second kappa shape index (κ2) is 6.51. The fraction of sp³-hybridized carbons (Fsp3) is 0.688. The quantitative estimate of drug-likeness (QED) is 0.926. The van der Waals surface area contributed by atoms with E-state index in [4.69, 9.17) is 11.6 Å². The molecule has 1 aliphatic heterocycles. The van der Waals surface area contributed by atoms with E-state index in [1.54, 1.807) is 0 Å². The Morgan fingerprint density at radius 3 is 2.67 bits per heavy atom. The van der Waals surface area contributed by atoms with Gasteiger partial charge < -0.3 is 15.1 Å². The summed E-state index contributed by atoms with van der Waals surface area (Å²) in [6, 6.07) is 2.62. The smallest absolute Gasteiger partial charge is 0.147 e. The molecule has 1 N–H and O–H groups in total. The van der Waals surface area contributed by atoms with Crippen molar-refractivity contribution < 1.29 is 0 Å². The van der Waals surface area contributed by atoms with Crippen molar-refractivity contribution in [3.8, 4) is 0 Å². The van der Waals surface area contributed by atoms with Crippen LogP contribution in [0.25, 0.3) is 0 Å². The Morgan fingerprint density at radius 2 is 2.14 bits per heavy atom. The third kappa shape index (κ3) is 4.56. The van der Waals surface area contributed by atoms with Gasteiger partial charge in [-0.2, -0.15) is 0 Å². The zero-order chi connectivity index (χ0) is 15.6. The Balaban J connectivity index is 2.03. The molecule has 2 rings (SSSR count). The van der Waals surface area contributed by atoms with Crippen molar-refractivity contribution in [3.63, 3.8) is 0 Å². The lowest BCUT2D eigenvalue weighted by Gasteiger charge is -2.23. The van der Waals surface area contributed by atoms with Crippen LogP contribution >= 0.6 is 11.6 Å². The van der Waals surface area contributed by atoms with Gasteiger partial charge in [0.2, 0.25) is 0 Å². The highest BCUT2D eigenvalue weighted by Crippen LogP contribution is 2.28. The molecule has 4 nitrogen and oxygen atoms in total. The first-order chi connectivity index (χ1) is 9.76. The Hall–Kier alpha value is -0.840. The highest BCUT2D eigenvalue weighted by atomic mass is 35.5. The maximum atomic E-state index is 6.44. The van der Waals surface area contributed by atoms with E-state index in [2.05, 4.69) is 55.0 Å². The van der Waals surface area contributed by atoms with Gasteiger partial charge in [0.25, 0.3) is 0 Å². The summed E-state index contributed by atoms with van der Waals surface area (Å²) >= 11 is 6.44. The third-order valence-corrected chi connectivity index (χ3v) is 4.17. The first-order valence-corrected chi connectivity index (χ1v) is 7.95. The summed E-state index contributed by atoms with van der Waals surface area (Å²) in [5.41, 5.74) is 1.22. The molecule has 1 saturated heterocycles. The molecule has 0 radical (unpaired) electrons. The fourth-order valence-corrected chi connectivity index (χ4v) is 2.83. The summed E-state index contributed by atoms with van der Waals surface area (Å²) in [4.78, 5) is 9.15. The van der Waals surface area contributed by atoms with Gasteiger partial charge in [0.15, 0.2) is 0 Å². The molecular formula is C16H27ClN4. The summed E-state index contributed by atoms with van der Waals surface area (Å²) in [5, 5.41) is 4.21. The Morgan fingerprint density at radius 1 is 1.43 bits per heavy atom. The number of hydrogen-bond acceptors (Lipinski definition) is 4. The standard InChI is InChI=1S/C16H27ClN4/c1-16(2,3)19-10-12-8-14(17)15(18-9-12)21-7-6-13(11-21)20(4)5/h8-9,13,19H,6-7,10-11H2,1-5H3. The SMILES string of the molecule is CN(C)C1CCN(c2ncc(CNC(C)(C)C)cc2Cl)C1. The second-order valence-electron chi connectivity index (χ2n) is 7.10. The van der Waals surface area contributed by atoms with E-state index < -0.39 is 0 Å². The van der Waals surface area contributed by atoms with Gasteiger partial charge in [0.1, 0.15) is 5.82 Å². The largest absolute Gasteiger partial charge is 0.354 e. The fourth-order valence-electron chi connectivity index (χ4n) is 2.52. The van der Waals surface area contributed by atoms with E-state index in [1.165, 1.54) is 6.42 Å². The van der Waals surface area contributed by atoms with E-state index in [-0.39, 0.29) is 5.54 Å². The summed E-state index contributed by atoms with van der Waals surface area (Å²) in [7, 11) is 4.26. The molecule has 5 heteroatoms. The van der Waals surface area contributed by atoms with Gasteiger partial charge in [-0.25, -0.2) is 4.98 Å². The van der Waals surface area contributed by atoms with Crippen LogP contribution in [0.2, 0.25) is 5.02 Å². The van der Waals surface area contributed by atoms with Gasteiger partial charge in [-0.1, -0.05) is 11.6 Å². The summed E-state index contributed by atoms with van der Waals surface area (Å²) in [6.07, 6.45) is 3.10. The Bertz CT molecular complexity index is 482. The van der Waals surface area contributed by atoms with Crippen molar-refractivity contribution in [1.29, 1.82) is 0 Å². The van der Waals surface area contributed by atoms with Crippen molar-refractivity contribution >= 4 is 17.4 Å². The van der Waals surface area contributed by atoms with Gasteiger partial charge in [-0.3, -0.25) is 0 Å². The van der Waals surface area contributed by atoms with Gasteiger partial charge >= 0.3 is 0 Å². The van der Waals surface area contributed by atoms with Crippen LogP contribution < -0.4 is 10.2 Å². The number of likely N-dealkylation sites (N-methyl/N-ethyl adjacent to an activating group) is 1. The predicted octanol–water partition coefficient (Wildman–Crippen LogP) is 2.76. The van der Waals surface area contributed by atoms with Crippen LogP contribution in [0.15, 0.2) is 12.3 Å². The van der Waals surface area contributed by atoms with Crippen molar-refractivity contribution in [2.45, 2.75) is 45.3 Å². The average Bonchev–Trinajstić information content (AvgIpc) is 2.85. The van der Waals surface area contributed by atoms with Crippen LogP contribution in [0.1, 0.15) is 32.8 Å². The van der Waals surface area contributed by atoms with Crippen LogP contribution in [0.4, 0.5) is 5.82 Å². The number of rotatable bonds is 4. The van der Waals surface area contributed by atoms with Gasteiger partial charge in [-0.15, -0.1) is 0 Å². The molecule has 2 heterocycles. The molecule has 1 atom stereocenters. The lowest BCUT2D eigenvalue weighted by atomic mass is 10.1. The lowest BCUT2D eigenvalue weighted by Crippen LogP contribution is -2.35. The zero-order valence-corrected chi connectivity index (χ0v) is 14.5. The van der Waals surface area contributed by atoms with Crippen molar-refractivity contribution in [1.82, 2.24) is 15.2 Å². The second-order valence-corrected chi connectivity index (χ2v) is 7.51. The van der Waals surface area contributed by atoms with Crippen LogP contribution in [0.3, 0.4) is 0 Å². The molecule has 118 valence electrons. The molecule has 1 unspecified atom stereocenters. The summed E-state index contributed by atoms with van der Waals surface area (Å²) in [6.45, 7) is 9.28. The van der Waals surface area contributed by atoms with Crippen molar-refractivity contribution in [3.05, 3.63) is 22.8 Å². The minimum absolute atomic E-state index is 0.0963. The molecule has 1 aromatic heterocycles. The number of anilines is 1. The maximum Gasteiger partial charge on any atom is 0.147 e. The first kappa shape index (κ1) is 16.5. The lowest BCUT2D eigenvalue weighted by molar-refractivity contribution is 0.315. The van der Waals surface area contributed by atoms with E-state index in [1.807, 2.05) is 12.3 Å². The number of nitrogens with zero attached hydrogens (tertiary/aromatic N) is 3. The number of halogens is 1. The normalized spacial score (nSPS) is 19.6. The number of hydrogen-bond donors (Lipinski definition) is 1. The molecule has 1 aromatic rings. The molecule has 1 fully saturated rings. The van der Waals surface area contributed by atoms with Crippen molar-refractivity contribution in [2.75, 3.05) is 32.1 Å². The van der Waals surface area contributed by atoms with Gasteiger partial charge in [0, 0.05) is 37.4 Å². The van der Waals surface area contributed by atoms with E-state index in [9.17, 15) is 0 Å². The number of pyridine rings is 1. The molecule has 0 amide bonds. The summed E-state index contributed by atoms with van der Waals surface area (Å²) in [5.74, 6) is 0.917. The molecule has 0 aromatic carbocycles. The molecule has 0 saturated carbocycles.